The summed E-state index contributed by atoms with van der Waals surface area (Å²) in [7, 11) is 0. The maximum absolute atomic E-state index is 12.9. The Hall–Kier alpha value is -0.970. The van der Waals surface area contributed by atoms with Crippen molar-refractivity contribution in [2.45, 2.75) is 51.7 Å². The van der Waals surface area contributed by atoms with Crippen LogP contribution in [0.1, 0.15) is 45.1 Å². The van der Waals surface area contributed by atoms with E-state index in [1.54, 1.807) is 0 Å². The Labute approximate surface area is 128 Å². The van der Waals surface area contributed by atoms with Gasteiger partial charge in [-0.2, -0.15) is 13.2 Å². The van der Waals surface area contributed by atoms with Crippen LogP contribution in [0.4, 0.5) is 19.0 Å². The van der Waals surface area contributed by atoms with Crippen LogP contribution < -0.4 is 4.90 Å². The number of hydrogen-bond donors (Lipinski definition) is 0. The zero-order valence-electron chi connectivity index (χ0n) is 12.3. The van der Waals surface area contributed by atoms with Crippen molar-refractivity contribution in [3.05, 3.63) is 22.8 Å². The minimum absolute atomic E-state index is 0.105. The van der Waals surface area contributed by atoms with Crippen LogP contribution in [-0.4, -0.2) is 17.6 Å². The summed E-state index contributed by atoms with van der Waals surface area (Å²) in [6.45, 7) is 4.80. The molecule has 0 amide bonds. The van der Waals surface area contributed by atoms with Crippen molar-refractivity contribution in [2.75, 3.05) is 11.4 Å². The van der Waals surface area contributed by atoms with Crippen LogP contribution in [0.2, 0.25) is 5.15 Å². The van der Waals surface area contributed by atoms with Crippen molar-refractivity contribution >= 4 is 17.4 Å². The molecule has 0 aromatic carbocycles. The molecule has 2 rings (SSSR count). The average Bonchev–Trinajstić information content (AvgIpc) is 2.87. The summed E-state index contributed by atoms with van der Waals surface area (Å²) in [5.41, 5.74) is -0.732. The van der Waals surface area contributed by atoms with E-state index >= 15 is 0 Å². The summed E-state index contributed by atoms with van der Waals surface area (Å²) >= 11 is 5.81. The SMILES string of the molecule is CC(C)CN(c1cc(C(F)(F)F)cc(Cl)n1)C1CCCC1. The highest BCUT2D eigenvalue weighted by Gasteiger charge is 2.33. The van der Waals surface area contributed by atoms with Gasteiger partial charge in [0.25, 0.3) is 0 Å². The molecule has 1 aromatic heterocycles. The summed E-state index contributed by atoms with van der Waals surface area (Å²) in [6.07, 6.45) is -0.164. The molecule has 0 bridgehead atoms. The van der Waals surface area contributed by atoms with E-state index in [1.807, 2.05) is 4.90 Å². The number of hydrogen-bond acceptors (Lipinski definition) is 2. The van der Waals surface area contributed by atoms with Crippen molar-refractivity contribution in [2.24, 2.45) is 5.92 Å². The number of rotatable bonds is 4. The first-order chi connectivity index (χ1) is 9.77. The van der Waals surface area contributed by atoms with Crippen molar-refractivity contribution < 1.29 is 13.2 Å². The quantitative estimate of drug-likeness (QED) is 0.712. The molecule has 2 nitrogen and oxygen atoms in total. The monoisotopic (exact) mass is 320 g/mol. The fraction of sp³-hybridized carbons (Fsp3) is 0.667. The van der Waals surface area contributed by atoms with E-state index in [4.69, 9.17) is 11.6 Å². The molecular formula is C15H20ClF3N2. The van der Waals surface area contributed by atoms with Gasteiger partial charge >= 0.3 is 6.18 Å². The lowest BCUT2D eigenvalue weighted by Gasteiger charge is -2.32. The summed E-state index contributed by atoms with van der Waals surface area (Å²) in [4.78, 5) is 6.14. The Morgan fingerprint density at radius 3 is 2.43 bits per heavy atom. The molecule has 21 heavy (non-hydrogen) atoms. The van der Waals surface area contributed by atoms with E-state index < -0.39 is 11.7 Å². The molecule has 1 saturated carbocycles. The molecule has 1 heterocycles. The highest BCUT2D eigenvalue weighted by Crippen LogP contribution is 2.35. The lowest BCUT2D eigenvalue weighted by atomic mass is 10.1. The van der Waals surface area contributed by atoms with Crippen LogP contribution in [0, 0.1) is 5.92 Å². The Morgan fingerprint density at radius 1 is 1.29 bits per heavy atom. The van der Waals surface area contributed by atoms with E-state index in [9.17, 15) is 13.2 Å². The Balaban J connectivity index is 2.36. The molecule has 0 radical (unpaired) electrons. The van der Waals surface area contributed by atoms with Crippen molar-refractivity contribution in [3.63, 3.8) is 0 Å². The highest BCUT2D eigenvalue weighted by molar-refractivity contribution is 6.29. The second-order valence-corrected chi connectivity index (χ2v) is 6.41. The van der Waals surface area contributed by atoms with Gasteiger partial charge < -0.3 is 4.90 Å². The molecule has 1 aliphatic carbocycles. The van der Waals surface area contributed by atoms with Gasteiger partial charge in [-0.05, 0) is 30.9 Å². The van der Waals surface area contributed by atoms with Crippen molar-refractivity contribution in [1.29, 1.82) is 0 Å². The fourth-order valence-corrected chi connectivity index (χ4v) is 3.04. The number of anilines is 1. The smallest absolute Gasteiger partial charge is 0.353 e. The molecule has 1 aliphatic rings. The topological polar surface area (TPSA) is 16.1 Å². The predicted molar refractivity (Wildman–Crippen MR) is 78.7 cm³/mol. The Kier molecular flexibility index (Phi) is 5.02. The van der Waals surface area contributed by atoms with E-state index in [2.05, 4.69) is 18.8 Å². The fourth-order valence-electron chi connectivity index (χ4n) is 2.83. The molecule has 0 atom stereocenters. The van der Waals surface area contributed by atoms with Crippen LogP contribution in [0.5, 0.6) is 0 Å². The van der Waals surface area contributed by atoms with E-state index in [0.29, 0.717) is 18.3 Å². The molecule has 118 valence electrons. The van der Waals surface area contributed by atoms with Gasteiger partial charge in [0.05, 0.1) is 5.56 Å². The molecule has 0 spiro atoms. The van der Waals surface area contributed by atoms with Crippen LogP contribution in [-0.2, 0) is 6.18 Å². The lowest BCUT2D eigenvalue weighted by molar-refractivity contribution is -0.137. The Morgan fingerprint density at radius 2 is 1.90 bits per heavy atom. The minimum atomic E-state index is -4.40. The lowest BCUT2D eigenvalue weighted by Crippen LogP contribution is -2.37. The molecule has 0 saturated heterocycles. The van der Waals surface area contributed by atoms with E-state index in [-0.39, 0.29) is 11.2 Å². The first kappa shape index (κ1) is 16.4. The first-order valence-electron chi connectivity index (χ1n) is 7.29. The predicted octanol–water partition coefficient (Wildman–Crippen LogP) is 5.16. The normalized spacial score (nSPS) is 16.7. The Bertz CT molecular complexity index is 482. The zero-order chi connectivity index (χ0) is 15.6. The maximum atomic E-state index is 12.9. The molecule has 0 unspecified atom stereocenters. The van der Waals surface area contributed by atoms with Gasteiger partial charge in [0.1, 0.15) is 11.0 Å². The number of nitrogens with zero attached hydrogens (tertiary/aromatic N) is 2. The van der Waals surface area contributed by atoms with Crippen LogP contribution in [0.25, 0.3) is 0 Å². The summed E-state index contributed by atoms with van der Waals surface area (Å²) < 4.78 is 38.8. The zero-order valence-corrected chi connectivity index (χ0v) is 13.0. The number of aromatic nitrogens is 1. The number of pyridine rings is 1. The van der Waals surface area contributed by atoms with Gasteiger partial charge in [-0.25, -0.2) is 4.98 Å². The summed E-state index contributed by atoms with van der Waals surface area (Å²) in [5, 5.41) is -0.105. The van der Waals surface area contributed by atoms with Crippen molar-refractivity contribution in [1.82, 2.24) is 4.98 Å². The van der Waals surface area contributed by atoms with Crippen molar-refractivity contribution in [3.8, 4) is 0 Å². The van der Waals surface area contributed by atoms with E-state index in [1.165, 1.54) is 0 Å². The molecule has 6 heteroatoms. The van der Waals surface area contributed by atoms with Crippen LogP contribution in [0.3, 0.4) is 0 Å². The third-order valence-electron chi connectivity index (χ3n) is 3.73. The van der Waals surface area contributed by atoms with Gasteiger partial charge in [0.15, 0.2) is 0 Å². The largest absolute Gasteiger partial charge is 0.416 e. The molecule has 0 aliphatic heterocycles. The summed E-state index contributed by atoms with van der Waals surface area (Å²) in [5.74, 6) is 0.691. The average molecular weight is 321 g/mol. The van der Waals surface area contributed by atoms with E-state index in [0.717, 1.165) is 37.8 Å². The molecular weight excluding hydrogens is 301 g/mol. The first-order valence-corrected chi connectivity index (χ1v) is 7.66. The van der Waals surface area contributed by atoms with Gasteiger partial charge in [-0.15, -0.1) is 0 Å². The van der Waals surface area contributed by atoms with Gasteiger partial charge in [-0.1, -0.05) is 38.3 Å². The van der Waals surface area contributed by atoms with Crippen LogP contribution in [0.15, 0.2) is 12.1 Å². The highest BCUT2D eigenvalue weighted by atomic mass is 35.5. The number of halogens is 4. The van der Waals surface area contributed by atoms with Gasteiger partial charge in [-0.3, -0.25) is 0 Å². The molecule has 1 fully saturated rings. The van der Waals surface area contributed by atoms with Crippen LogP contribution >= 0.6 is 11.6 Å². The minimum Gasteiger partial charge on any atom is -0.353 e. The molecule has 0 N–H and O–H groups in total. The number of alkyl halides is 3. The van der Waals surface area contributed by atoms with Gasteiger partial charge in [0.2, 0.25) is 0 Å². The second kappa shape index (κ2) is 6.42. The third-order valence-corrected chi connectivity index (χ3v) is 3.92. The maximum Gasteiger partial charge on any atom is 0.416 e. The third kappa shape index (κ3) is 4.25. The van der Waals surface area contributed by atoms with Gasteiger partial charge in [0, 0.05) is 12.6 Å². The molecule has 1 aromatic rings. The second-order valence-electron chi connectivity index (χ2n) is 6.02. The standard InChI is InChI=1S/C15H20ClF3N2/c1-10(2)9-21(12-5-3-4-6-12)14-8-11(15(17,18)19)7-13(16)20-14/h7-8,10,12H,3-6,9H2,1-2H3. The summed E-state index contributed by atoms with van der Waals surface area (Å²) in [6, 6.07) is 2.26.